The molecule has 2 aromatic rings. The zero-order valence-corrected chi connectivity index (χ0v) is 14.2. The van der Waals surface area contributed by atoms with Crippen molar-refractivity contribution in [3.63, 3.8) is 0 Å². The molecule has 2 amide bonds. The number of likely N-dealkylation sites (N-methyl/N-ethyl adjacent to an activating group) is 1. The van der Waals surface area contributed by atoms with Crippen molar-refractivity contribution in [2.45, 2.75) is 25.4 Å². The van der Waals surface area contributed by atoms with Crippen LogP contribution >= 0.6 is 0 Å². The summed E-state index contributed by atoms with van der Waals surface area (Å²) in [6.07, 6.45) is 3.10. The highest BCUT2D eigenvalue weighted by Crippen LogP contribution is 2.33. The molecule has 0 bridgehead atoms. The van der Waals surface area contributed by atoms with E-state index in [4.69, 9.17) is 0 Å². The van der Waals surface area contributed by atoms with Gasteiger partial charge >= 0.3 is 0 Å². The van der Waals surface area contributed by atoms with Crippen LogP contribution in [0.1, 0.15) is 34.9 Å². The number of rotatable bonds is 4. The smallest absolute Gasteiger partial charge is 0.276 e. The number of amides is 2. The van der Waals surface area contributed by atoms with Crippen LogP contribution in [0.3, 0.4) is 0 Å². The molecule has 1 saturated heterocycles. The maximum atomic E-state index is 13.5. The SMILES string of the molecule is CN(C)C(=O)Cn1cc(C(=O)N2CCCC2c2cccc(F)c2)nn1. The minimum atomic E-state index is -0.315. The largest absolute Gasteiger partial charge is 0.347 e. The van der Waals surface area contributed by atoms with Crippen LogP contribution in [0.25, 0.3) is 0 Å². The van der Waals surface area contributed by atoms with Gasteiger partial charge in [0.15, 0.2) is 5.69 Å². The maximum Gasteiger partial charge on any atom is 0.276 e. The second-order valence-electron chi connectivity index (χ2n) is 6.30. The normalized spacial score (nSPS) is 16.9. The van der Waals surface area contributed by atoms with Crippen LogP contribution in [0.5, 0.6) is 0 Å². The van der Waals surface area contributed by atoms with E-state index in [9.17, 15) is 14.0 Å². The summed E-state index contributed by atoms with van der Waals surface area (Å²) in [6, 6.07) is 6.15. The zero-order valence-electron chi connectivity index (χ0n) is 14.2. The van der Waals surface area contributed by atoms with Gasteiger partial charge in [-0.3, -0.25) is 9.59 Å². The van der Waals surface area contributed by atoms with Crippen molar-refractivity contribution in [3.05, 3.63) is 47.5 Å². The zero-order chi connectivity index (χ0) is 18.0. The predicted octanol–water partition coefficient (Wildman–Crippen LogP) is 1.48. The quantitative estimate of drug-likeness (QED) is 0.842. The van der Waals surface area contributed by atoms with Crippen molar-refractivity contribution >= 4 is 11.8 Å². The van der Waals surface area contributed by atoms with Crippen LogP contribution in [0.4, 0.5) is 4.39 Å². The van der Waals surface area contributed by atoms with E-state index < -0.39 is 0 Å². The van der Waals surface area contributed by atoms with Crippen LogP contribution in [0, 0.1) is 5.82 Å². The molecule has 0 aliphatic carbocycles. The molecule has 25 heavy (non-hydrogen) atoms. The standard InChI is InChI=1S/C17H20FN5O2/c1-21(2)16(24)11-22-10-14(19-20-22)17(25)23-8-4-7-15(23)12-5-3-6-13(18)9-12/h3,5-6,9-10,15H,4,7-8,11H2,1-2H3. The number of carbonyl (C=O) groups excluding carboxylic acids is 2. The number of carbonyl (C=O) groups is 2. The van der Waals surface area contributed by atoms with Gasteiger partial charge in [0, 0.05) is 20.6 Å². The molecule has 1 atom stereocenters. The first-order valence-electron chi connectivity index (χ1n) is 8.12. The van der Waals surface area contributed by atoms with Gasteiger partial charge in [-0.1, -0.05) is 17.3 Å². The van der Waals surface area contributed by atoms with Gasteiger partial charge in [-0.25, -0.2) is 9.07 Å². The first-order valence-corrected chi connectivity index (χ1v) is 8.12. The lowest BCUT2D eigenvalue weighted by Crippen LogP contribution is -2.31. The fourth-order valence-corrected chi connectivity index (χ4v) is 2.97. The summed E-state index contributed by atoms with van der Waals surface area (Å²) in [6.45, 7) is 0.615. The molecule has 8 heteroatoms. The average Bonchev–Trinajstić information content (AvgIpc) is 3.23. The lowest BCUT2D eigenvalue weighted by molar-refractivity contribution is -0.129. The summed E-state index contributed by atoms with van der Waals surface area (Å²) < 4.78 is 14.8. The van der Waals surface area contributed by atoms with E-state index in [1.165, 1.54) is 27.9 Å². The highest BCUT2D eigenvalue weighted by Gasteiger charge is 2.32. The minimum Gasteiger partial charge on any atom is -0.347 e. The van der Waals surface area contributed by atoms with Gasteiger partial charge in [-0.05, 0) is 30.5 Å². The number of halogens is 1. The fourth-order valence-electron chi connectivity index (χ4n) is 2.97. The molecular formula is C17H20FN5O2. The maximum absolute atomic E-state index is 13.5. The Labute approximate surface area is 145 Å². The molecule has 1 aliphatic rings. The Hall–Kier alpha value is -2.77. The van der Waals surface area contributed by atoms with E-state index in [1.54, 1.807) is 25.1 Å². The van der Waals surface area contributed by atoms with Crippen LogP contribution in [-0.4, -0.2) is 57.2 Å². The van der Waals surface area contributed by atoms with E-state index in [2.05, 4.69) is 10.3 Å². The fraction of sp³-hybridized carbons (Fsp3) is 0.412. The van der Waals surface area contributed by atoms with Gasteiger partial charge in [-0.2, -0.15) is 0 Å². The number of aromatic nitrogens is 3. The second kappa shape index (κ2) is 7.00. The molecule has 0 spiro atoms. The third-order valence-corrected chi connectivity index (χ3v) is 4.30. The molecule has 0 radical (unpaired) electrons. The topological polar surface area (TPSA) is 71.3 Å². The molecule has 3 rings (SSSR count). The van der Waals surface area contributed by atoms with Crippen LogP contribution in [0.15, 0.2) is 30.5 Å². The van der Waals surface area contributed by atoms with Gasteiger partial charge in [0.05, 0.1) is 12.2 Å². The summed E-state index contributed by atoms with van der Waals surface area (Å²) in [5.74, 6) is -0.706. The molecule has 7 nitrogen and oxygen atoms in total. The van der Waals surface area contributed by atoms with Crippen molar-refractivity contribution < 1.29 is 14.0 Å². The van der Waals surface area contributed by atoms with Crippen LogP contribution < -0.4 is 0 Å². The molecule has 1 aliphatic heterocycles. The summed E-state index contributed by atoms with van der Waals surface area (Å²) in [7, 11) is 3.30. The molecule has 1 aromatic carbocycles. The summed E-state index contributed by atoms with van der Waals surface area (Å²) in [5.41, 5.74) is 0.968. The van der Waals surface area contributed by atoms with Crippen molar-refractivity contribution in [2.75, 3.05) is 20.6 Å². The van der Waals surface area contributed by atoms with Crippen molar-refractivity contribution in [1.82, 2.24) is 24.8 Å². The van der Waals surface area contributed by atoms with Gasteiger partial charge < -0.3 is 9.80 Å². The second-order valence-corrected chi connectivity index (χ2v) is 6.30. The summed E-state index contributed by atoms with van der Waals surface area (Å²) in [5, 5.41) is 7.75. The Kier molecular flexibility index (Phi) is 4.78. The predicted molar refractivity (Wildman–Crippen MR) is 88.1 cm³/mol. The molecule has 0 N–H and O–H groups in total. The highest BCUT2D eigenvalue weighted by atomic mass is 19.1. The number of hydrogen-bond acceptors (Lipinski definition) is 4. The molecule has 0 saturated carbocycles. The van der Waals surface area contributed by atoms with E-state index in [1.807, 2.05) is 6.07 Å². The van der Waals surface area contributed by atoms with Crippen LogP contribution in [0.2, 0.25) is 0 Å². The minimum absolute atomic E-state index is 0.0284. The van der Waals surface area contributed by atoms with Gasteiger partial charge in [0.1, 0.15) is 12.4 Å². The first-order chi connectivity index (χ1) is 12.0. The Bertz CT molecular complexity index is 789. The Morgan fingerprint density at radius 1 is 1.36 bits per heavy atom. The highest BCUT2D eigenvalue weighted by molar-refractivity contribution is 5.92. The lowest BCUT2D eigenvalue weighted by Gasteiger charge is -2.24. The number of hydrogen-bond donors (Lipinski definition) is 0. The monoisotopic (exact) mass is 345 g/mol. The van der Waals surface area contributed by atoms with E-state index >= 15 is 0 Å². The van der Waals surface area contributed by atoms with Crippen molar-refractivity contribution in [3.8, 4) is 0 Å². The van der Waals surface area contributed by atoms with E-state index in [0.717, 1.165) is 18.4 Å². The summed E-state index contributed by atoms with van der Waals surface area (Å²) >= 11 is 0. The third-order valence-electron chi connectivity index (χ3n) is 4.30. The Morgan fingerprint density at radius 3 is 2.88 bits per heavy atom. The van der Waals surface area contributed by atoms with Gasteiger partial charge in [-0.15, -0.1) is 5.10 Å². The third kappa shape index (κ3) is 3.67. The van der Waals surface area contributed by atoms with Crippen molar-refractivity contribution in [2.24, 2.45) is 0 Å². The number of benzene rings is 1. The molecular weight excluding hydrogens is 325 g/mol. The molecule has 1 unspecified atom stereocenters. The molecule has 1 fully saturated rings. The molecule has 132 valence electrons. The van der Waals surface area contributed by atoms with Crippen molar-refractivity contribution in [1.29, 1.82) is 0 Å². The first kappa shape index (κ1) is 17.1. The Morgan fingerprint density at radius 2 is 2.16 bits per heavy atom. The number of nitrogens with zero attached hydrogens (tertiary/aromatic N) is 5. The van der Waals surface area contributed by atoms with E-state index in [0.29, 0.717) is 6.54 Å². The Balaban J connectivity index is 1.76. The molecule has 2 heterocycles. The van der Waals surface area contributed by atoms with Gasteiger partial charge in [0.2, 0.25) is 5.91 Å². The lowest BCUT2D eigenvalue weighted by atomic mass is 10.0. The van der Waals surface area contributed by atoms with E-state index in [-0.39, 0.29) is 35.9 Å². The van der Waals surface area contributed by atoms with Gasteiger partial charge in [0.25, 0.3) is 5.91 Å². The average molecular weight is 345 g/mol. The van der Waals surface area contributed by atoms with Crippen LogP contribution in [-0.2, 0) is 11.3 Å². The summed E-state index contributed by atoms with van der Waals surface area (Å²) in [4.78, 5) is 27.6. The molecule has 1 aromatic heterocycles. The number of likely N-dealkylation sites (tertiary alicyclic amines) is 1.